The Labute approximate surface area is 217 Å². The van der Waals surface area contributed by atoms with Gasteiger partial charge >= 0.3 is 0 Å². The number of sulfone groups is 1. The van der Waals surface area contributed by atoms with Crippen molar-refractivity contribution in [2.24, 2.45) is 0 Å². The molecule has 37 heavy (non-hydrogen) atoms. The highest BCUT2D eigenvalue weighted by molar-refractivity contribution is 7.91. The third kappa shape index (κ3) is 4.02. The van der Waals surface area contributed by atoms with Crippen LogP contribution in [0.4, 0.5) is 0 Å². The highest BCUT2D eigenvalue weighted by atomic mass is 32.2. The van der Waals surface area contributed by atoms with E-state index in [1.165, 1.54) is 0 Å². The number of fused-ring (bicyclic) bond motifs is 2. The lowest BCUT2D eigenvalue weighted by molar-refractivity contribution is 0.595. The van der Waals surface area contributed by atoms with Crippen LogP contribution in [0.15, 0.2) is 131 Å². The first kappa shape index (κ1) is 23.2. The Balaban J connectivity index is 1.51. The summed E-state index contributed by atoms with van der Waals surface area (Å²) in [4.78, 5) is 0.687. The Kier molecular flexibility index (Phi) is 5.66. The molecule has 0 unspecified atom stereocenters. The van der Waals surface area contributed by atoms with Crippen LogP contribution in [0.1, 0.15) is 11.1 Å². The van der Waals surface area contributed by atoms with E-state index in [4.69, 9.17) is 0 Å². The van der Waals surface area contributed by atoms with Gasteiger partial charge in [0.15, 0.2) is 0 Å². The first-order valence-electron chi connectivity index (χ1n) is 12.4. The highest BCUT2D eigenvalue weighted by Gasteiger charge is 2.24. The molecule has 0 aliphatic carbocycles. The van der Waals surface area contributed by atoms with E-state index in [1.807, 2.05) is 86.6 Å². The molecule has 0 spiro atoms. The van der Waals surface area contributed by atoms with Crippen molar-refractivity contribution in [3.63, 3.8) is 0 Å². The molecular weight excluding hydrogens is 472 g/mol. The molecule has 0 N–H and O–H groups in total. The normalized spacial score (nSPS) is 11.7. The lowest BCUT2D eigenvalue weighted by Crippen LogP contribution is -2.07. The van der Waals surface area contributed by atoms with E-state index in [-0.39, 0.29) is 0 Å². The second-order valence-electron chi connectivity index (χ2n) is 9.52. The standard InChI is InChI=1S/C34H26O2S/c1-23-17-19-27(31-15-7-11-25-9-3-5-13-29(25)31)21-33(23)37(35,36)34-22-28(20-18-24(34)2)32-16-8-12-26-10-4-6-14-30(26)32/h3-22H,1-2H3. The second-order valence-corrected chi connectivity index (χ2v) is 11.4. The van der Waals surface area contributed by atoms with Crippen molar-refractivity contribution in [2.45, 2.75) is 23.6 Å². The van der Waals surface area contributed by atoms with Gasteiger partial charge < -0.3 is 0 Å². The fraction of sp³-hybridized carbons (Fsp3) is 0.0588. The average molecular weight is 499 g/mol. The third-order valence-corrected chi connectivity index (χ3v) is 9.19. The van der Waals surface area contributed by atoms with Gasteiger partial charge in [0.25, 0.3) is 0 Å². The summed E-state index contributed by atoms with van der Waals surface area (Å²) in [5, 5.41) is 4.46. The molecule has 0 amide bonds. The van der Waals surface area contributed by atoms with Crippen LogP contribution in [0, 0.1) is 13.8 Å². The monoisotopic (exact) mass is 498 g/mol. The Bertz CT molecular complexity index is 1770. The van der Waals surface area contributed by atoms with E-state index in [2.05, 4.69) is 48.5 Å². The summed E-state index contributed by atoms with van der Waals surface area (Å²) >= 11 is 0. The number of aryl methyl sites for hydroxylation is 2. The second kappa shape index (κ2) is 9.02. The van der Waals surface area contributed by atoms with Crippen LogP contribution in [0.2, 0.25) is 0 Å². The molecule has 0 aromatic heterocycles. The maximum Gasteiger partial charge on any atom is 0.207 e. The van der Waals surface area contributed by atoms with E-state index in [9.17, 15) is 8.42 Å². The van der Waals surface area contributed by atoms with Crippen LogP contribution >= 0.6 is 0 Å². The molecule has 6 aromatic rings. The van der Waals surface area contributed by atoms with Crippen LogP contribution in [-0.4, -0.2) is 8.42 Å². The quantitative estimate of drug-likeness (QED) is 0.243. The molecule has 0 fully saturated rings. The van der Waals surface area contributed by atoms with Crippen LogP contribution in [0.25, 0.3) is 43.8 Å². The Morgan fingerprint density at radius 2 is 0.865 bits per heavy atom. The molecule has 3 heteroatoms. The van der Waals surface area contributed by atoms with Crippen molar-refractivity contribution in [3.05, 3.63) is 132 Å². The Hall–Kier alpha value is -4.21. The molecule has 0 aliphatic rings. The van der Waals surface area contributed by atoms with Crippen LogP contribution < -0.4 is 0 Å². The molecule has 0 bridgehead atoms. The lowest BCUT2D eigenvalue weighted by Gasteiger charge is -2.15. The summed E-state index contributed by atoms with van der Waals surface area (Å²) in [7, 11) is -3.77. The van der Waals surface area contributed by atoms with E-state index in [0.29, 0.717) is 9.79 Å². The first-order valence-corrected chi connectivity index (χ1v) is 13.8. The predicted octanol–water partition coefficient (Wildman–Crippen LogP) is 8.78. The molecule has 6 aromatic carbocycles. The zero-order valence-electron chi connectivity index (χ0n) is 20.8. The molecule has 0 aliphatic heterocycles. The van der Waals surface area contributed by atoms with Gasteiger partial charge in [0.1, 0.15) is 0 Å². The van der Waals surface area contributed by atoms with Crippen molar-refractivity contribution < 1.29 is 8.42 Å². The van der Waals surface area contributed by atoms with E-state index < -0.39 is 9.84 Å². The van der Waals surface area contributed by atoms with Gasteiger partial charge in [-0.2, -0.15) is 0 Å². The van der Waals surface area contributed by atoms with Gasteiger partial charge in [0.05, 0.1) is 9.79 Å². The maximum absolute atomic E-state index is 14.2. The van der Waals surface area contributed by atoms with E-state index in [0.717, 1.165) is 54.9 Å². The van der Waals surface area contributed by atoms with Gasteiger partial charge in [-0.1, -0.05) is 109 Å². The van der Waals surface area contributed by atoms with Crippen LogP contribution in [-0.2, 0) is 9.84 Å². The van der Waals surface area contributed by atoms with Gasteiger partial charge in [0.2, 0.25) is 9.84 Å². The van der Waals surface area contributed by atoms with Gasteiger partial charge in [-0.05, 0) is 80.9 Å². The third-order valence-electron chi connectivity index (χ3n) is 7.16. The summed E-state index contributed by atoms with van der Waals surface area (Å²) in [5.74, 6) is 0. The molecule has 6 rings (SSSR count). The van der Waals surface area contributed by atoms with Gasteiger partial charge in [-0.25, -0.2) is 8.42 Å². The van der Waals surface area contributed by atoms with Gasteiger partial charge in [0, 0.05) is 0 Å². The largest absolute Gasteiger partial charge is 0.218 e. The number of rotatable bonds is 4. The topological polar surface area (TPSA) is 34.1 Å². The number of hydrogen-bond donors (Lipinski definition) is 0. The summed E-state index contributed by atoms with van der Waals surface area (Å²) in [5.41, 5.74) is 5.30. The minimum absolute atomic E-state index is 0.344. The fourth-order valence-corrected chi connectivity index (χ4v) is 6.97. The number of benzene rings is 6. The number of hydrogen-bond acceptors (Lipinski definition) is 2. The molecular formula is C34H26O2S. The van der Waals surface area contributed by atoms with Crippen molar-refractivity contribution in [1.29, 1.82) is 0 Å². The molecule has 0 saturated carbocycles. The summed E-state index contributed by atoms with van der Waals surface area (Å²) < 4.78 is 28.3. The molecule has 2 nitrogen and oxygen atoms in total. The summed E-state index contributed by atoms with van der Waals surface area (Å²) in [6.07, 6.45) is 0. The minimum atomic E-state index is -3.77. The Morgan fingerprint density at radius 1 is 0.459 bits per heavy atom. The average Bonchev–Trinajstić information content (AvgIpc) is 2.93. The molecule has 0 saturated heterocycles. The molecule has 0 radical (unpaired) electrons. The molecule has 0 atom stereocenters. The van der Waals surface area contributed by atoms with Crippen molar-refractivity contribution in [1.82, 2.24) is 0 Å². The zero-order chi connectivity index (χ0) is 25.6. The minimum Gasteiger partial charge on any atom is -0.218 e. The first-order chi connectivity index (χ1) is 17.9. The smallest absolute Gasteiger partial charge is 0.207 e. The maximum atomic E-state index is 14.2. The summed E-state index contributed by atoms with van der Waals surface area (Å²) in [6, 6.07) is 40.2. The van der Waals surface area contributed by atoms with Crippen LogP contribution in [0.3, 0.4) is 0 Å². The molecule has 0 heterocycles. The SMILES string of the molecule is Cc1ccc(-c2cccc3ccccc23)cc1S(=O)(=O)c1cc(-c2cccc3ccccc23)ccc1C. The van der Waals surface area contributed by atoms with Gasteiger partial charge in [-0.3, -0.25) is 0 Å². The summed E-state index contributed by atoms with van der Waals surface area (Å²) in [6.45, 7) is 3.73. The van der Waals surface area contributed by atoms with Crippen molar-refractivity contribution >= 4 is 31.4 Å². The fourth-order valence-electron chi connectivity index (χ4n) is 5.19. The molecule has 180 valence electrons. The van der Waals surface area contributed by atoms with Crippen molar-refractivity contribution in [3.8, 4) is 22.3 Å². The predicted molar refractivity (Wildman–Crippen MR) is 154 cm³/mol. The van der Waals surface area contributed by atoms with Crippen molar-refractivity contribution in [2.75, 3.05) is 0 Å². The van der Waals surface area contributed by atoms with Crippen LogP contribution in [0.5, 0.6) is 0 Å². The zero-order valence-corrected chi connectivity index (χ0v) is 21.6. The lowest BCUT2D eigenvalue weighted by atomic mass is 9.97. The van der Waals surface area contributed by atoms with Gasteiger partial charge in [-0.15, -0.1) is 0 Å². The highest BCUT2D eigenvalue weighted by Crippen LogP contribution is 2.36. The Morgan fingerprint density at radius 3 is 1.32 bits per heavy atom. The van der Waals surface area contributed by atoms with E-state index >= 15 is 0 Å². The van der Waals surface area contributed by atoms with E-state index in [1.54, 1.807) is 0 Å².